The third-order valence-corrected chi connectivity index (χ3v) is 3.55. The number of unbranched alkanes of at least 4 members (excludes halogenated alkanes) is 1. The molecule has 3 N–H and O–H groups in total. The first kappa shape index (κ1) is 14.6. The second-order valence-corrected chi connectivity index (χ2v) is 5.18. The molecule has 2 aromatic carbocycles. The zero-order valence-corrected chi connectivity index (χ0v) is 12.2. The van der Waals surface area contributed by atoms with Crippen molar-refractivity contribution in [2.24, 2.45) is 5.73 Å². The van der Waals surface area contributed by atoms with Gasteiger partial charge in [0.15, 0.2) is 0 Å². The lowest BCUT2D eigenvalue weighted by atomic mass is 10.00. The normalized spacial score (nSPS) is 12.1. The number of benzene rings is 2. The summed E-state index contributed by atoms with van der Waals surface area (Å²) in [4.78, 5) is 0. The number of nitrogens with one attached hydrogen (secondary N) is 1. The van der Waals surface area contributed by atoms with Crippen LogP contribution >= 0.6 is 0 Å². The number of hydrogen-bond donors (Lipinski definition) is 2. The van der Waals surface area contributed by atoms with Crippen LogP contribution in [0.1, 0.15) is 43.4 Å². The number of para-hydroxylation sites is 1. The van der Waals surface area contributed by atoms with Gasteiger partial charge in [-0.1, -0.05) is 68.3 Å². The first-order chi connectivity index (χ1) is 9.81. The lowest BCUT2D eigenvalue weighted by Gasteiger charge is -2.17. The monoisotopic (exact) mass is 268 g/mol. The van der Waals surface area contributed by atoms with Gasteiger partial charge in [0.2, 0.25) is 0 Å². The van der Waals surface area contributed by atoms with E-state index in [-0.39, 0.29) is 6.04 Å². The molecule has 2 heteroatoms. The lowest BCUT2D eigenvalue weighted by Crippen LogP contribution is -2.13. The quantitative estimate of drug-likeness (QED) is 0.776. The Kier molecular flexibility index (Phi) is 5.63. The summed E-state index contributed by atoms with van der Waals surface area (Å²) in [5, 5.41) is 3.51. The van der Waals surface area contributed by atoms with E-state index in [2.05, 4.69) is 60.8 Å². The summed E-state index contributed by atoms with van der Waals surface area (Å²) >= 11 is 0. The molecule has 0 aliphatic rings. The predicted molar refractivity (Wildman–Crippen MR) is 86.7 cm³/mol. The predicted octanol–water partition coefficient (Wildman–Crippen LogP) is 4.49. The molecule has 106 valence electrons. The molecular formula is C18H24N2. The van der Waals surface area contributed by atoms with Gasteiger partial charge in [-0.2, -0.15) is 0 Å². The van der Waals surface area contributed by atoms with Crippen LogP contribution in [-0.2, 0) is 6.54 Å². The molecule has 2 nitrogen and oxygen atoms in total. The lowest BCUT2D eigenvalue weighted by molar-refractivity contribution is 0.604. The second kappa shape index (κ2) is 7.71. The molecule has 0 aromatic heterocycles. The summed E-state index contributed by atoms with van der Waals surface area (Å²) < 4.78 is 0. The topological polar surface area (TPSA) is 38.0 Å². The fourth-order valence-corrected chi connectivity index (χ4v) is 2.35. The Morgan fingerprint density at radius 2 is 1.70 bits per heavy atom. The van der Waals surface area contributed by atoms with Crippen LogP contribution in [0, 0.1) is 0 Å². The average Bonchev–Trinajstić information content (AvgIpc) is 2.52. The summed E-state index contributed by atoms with van der Waals surface area (Å²) in [6, 6.07) is 18.9. The van der Waals surface area contributed by atoms with E-state index in [1.54, 1.807) is 0 Å². The van der Waals surface area contributed by atoms with Crippen LogP contribution in [0.3, 0.4) is 0 Å². The van der Waals surface area contributed by atoms with E-state index < -0.39 is 0 Å². The number of hydrogen-bond acceptors (Lipinski definition) is 2. The summed E-state index contributed by atoms with van der Waals surface area (Å²) in [5.74, 6) is 0. The Morgan fingerprint density at radius 3 is 2.45 bits per heavy atom. The molecule has 2 aromatic rings. The van der Waals surface area contributed by atoms with Crippen LogP contribution in [0.25, 0.3) is 0 Å². The number of rotatable bonds is 7. The maximum absolute atomic E-state index is 6.31. The molecule has 0 bridgehead atoms. The molecule has 20 heavy (non-hydrogen) atoms. The molecule has 0 aliphatic carbocycles. The van der Waals surface area contributed by atoms with Crippen molar-refractivity contribution < 1.29 is 0 Å². The van der Waals surface area contributed by atoms with Crippen molar-refractivity contribution >= 4 is 5.69 Å². The number of anilines is 1. The van der Waals surface area contributed by atoms with Crippen LogP contribution in [0.4, 0.5) is 5.69 Å². The van der Waals surface area contributed by atoms with E-state index in [0.29, 0.717) is 0 Å². The standard InChI is InChI=1S/C18H24N2/c1-2-3-12-17(19)16-11-7-8-13-18(16)20-14-15-9-5-4-6-10-15/h4-11,13,17,20H,2-3,12,14,19H2,1H3. The molecule has 0 fully saturated rings. The Hall–Kier alpha value is -1.80. The van der Waals surface area contributed by atoms with Crippen molar-refractivity contribution in [1.29, 1.82) is 0 Å². The van der Waals surface area contributed by atoms with E-state index >= 15 is 0 Å². The largest absolute Gasteiger partial charge is 0.381 e. The van der Waals surface area contributed by atoms with Crippen molar-refractivity contribution in [2.75, 3.05) is 5.32 Å². The smallest absolute Gasteiger partial charge is 0.0400 e. The van der Waals surface area contributed by atoms with Gasteiger partial charge < -0.3 is 11.1 Å². The van der Waals surface area contributed by atoms with Gasteiger partial charge in [-0.15, -0.1) is 0 Å². The highest BCUT2D eigenvalue weighted by atomic mass is 14.9. The Morgan fingerprint density at radius 1 is 1.00 bits per heavy atom. The van der Waals surface area contributed by atoms with Crippen molar-refractivity contribution in [3.05, 3.63) is 65.7 Å². The SMILES string of the molecule is CCCCC(N)c1ccccc1NCc1ccccc1. The van der Waals surface area contributed by atoms with Crippen molar-refractivity contribution in [1.82, 2.24) is 0 Å². The molecule has 0 radical (unpaired) electrons. The van der Waals surface area contributed by atoms with Gasteiger partial charge in [-0.25, -0.2) is 0 Å². The first-order valence-electron chi connectivity index (χ1n) is 7.43. The van der Waals surface area contributed by atoms with E-state index in [1.807, 2.05) is 6.07 Å². The first-order valence-corrected chi connectivity index (χ1v) is 7.43. The molecule has 0 saturated heterocycles. The van der Waals surface area contributed by atoms with E-state index in [4.69, 9.17) is 5.73 Å². The molecule has 2 rings (SSSR count). The van der Waals surface area contributed by atoms with Crippen LogP contribution in [0.15, 0.2) is 54.6 Å². The van der Waals surface area contributed by atoms with Gasteiger partial charge in [0.25, 0.3) is 0 Å². The van der Waals surface area contributed by atoms with Crippen LogP contribution in [0.5, 0.6) is 0 Å². The van der Waals surface area contributed by atoms with Crippen molar-refractivity contribution in [2.45, 2.75) is 38.8 Å². The van der Waals surface area contributed by atoms with Crippen molar-refractivity contribution in [3.8, 4) is 0 Å². The third-order valence-electron chi connectivity index (χ3n) is 3.55. The number of nitrogens with two attached hydrogens (primary N) is 1. The van der Waals surface area contributed by atoms with Crippen LogP contribution < -0.4 is 11.1 Å². The van der Waals surface area contributed by atoms with Gasteiger partial charge in [0, 0.05) is 18.3 Å². The van der Waals surface area contributed by atoms with Gasteiger partial charge in [-0.3, -0.25) is 0 Å². The molecule has 0 saturated carbocycles. The van der Waals surface area contributed by atoms with E-state index in [1.165, 1.54) is 24.0 Å². The highest BCUT2D eigenvalue weighted by molar-refractivity contribution is 5.52. The minimum Gasteiger partial charge on any atom is -0.381 e. The Labute approximate surface area is 122 Å². The summed E-state index contributed by atoms with van der Waals surface area (Å²) in [7, 11) is 0. The van der Waals surface area contributed by atoms with E-state index in [9.17, 15) is 0 Å². The molecule has 0 spiro atoms. The minimum absolute atomic E-state index is 0.120. The van der Waals surface area contributed by atoms with Crippen molar-refractivity contribution in [3.63, 3.8) is 0 Å². The van der Waals surface area contributed by atoms with Crippen LogP contribution in [0.2, 0.25) is 0 Å². The van der Waals surface area contributed by atoms with E-state index in [0.717, 1.165) is 18.7 Å². The molecule has 1 unspecified atom stereocenters. The maximum Gasteiger partial charge on any atom is 0.0400 e. The molecule has 0 heterocycles. The molecule has 1 atom stereocenters. The Bertz CT molecular complexity index is 508. The minimum atomic E-state index is 0.120. The molecular weight excluding hydrogens is 244 g/mol. The molecule has 0 aliphatic heterocycles. The summed E-state index contributed by atoms with van der Waals surface area (Å²) in [5.41, 5.74) is 9.96. The zero-order chi connectivity index (χ0) is 14.2. The molecule has 0 amide bonds. The maximum atomic E-state index is 6.31. The summed E-state index contributed by atoms with van der Waals surface area (Å²) in [6.07, 6.45) is 3.40. The van der Waals surface area contributed by atoms with Crippen LogP contribution in [-0.4, -0.2) is 0 Å². The van der Waals surface area contributed by atoms with Gasteiger partial charge in [0.1, 0.15) is 0 Å². The highest BCUT2D eigenvalue weighted by Crippen LogP contribution is 2.25. The van der Waals surface area contributed by atoms with Gasteiger partial charge in [-0.05, 0) is 23.6 Å². The van der Waals surface area contributed by atoms with Gasteiger partial charge in [0.05, 0.1) is 0 Å². The zero-order valence-electron chi connectivity index (χ0n) is 12.2. The fourth-order valence-electron chi connectivity index (χ4n) is 2.35. The van der Waals surface area contributed by atoms with Gasteiger partial charge >= 0.3 is 0 Å². The Balaban J connectivity index is 2.04. The highest BCUT2D eigenvalue weighted by Gasteiger charge is 2.09. The fraction of sp³-hybridized carbons (Fsp3) is 0.333. The second-order valence-electron chi connectivity index (χ2n) is 5.18. The summed E-state index contributed by atoms with van der Waals surface area (Å²) in [6.45, 7) is 3.03. The third kappa shape index (κ3) is 4.10. The average molecular weight is 268 g/mol.